The van der Waals surface area contributed by atoms with Crippen molar-refractivity contribution in [1.29, 1.82) is 0 Å². The quantitative estimate of drug-likeness (QED) is 0.355. The molecule has 2 aliphatic heterocycles. The number of benzene rings is 4. The first kappa shape index (κ1) is 17.1. The standard InChI is InChI=1S/C28H20O2/c1-19-26(22-11-3-2-4-12-22)24-16-15-20-9-5-7-13-23(20)27(24)30-28(19)18-17-21-10-6-8-14-25(21)29-28/h2-18H,1H3. The zero-order chi connectivity index (χ0) is 20.1. The van der Waals surface area contributed by atoms with Crippen LogP contribution < -0.4 is 9.47 Å². The minimum atomic E-state index is -0.976. The fraction of sp³-hybridized carbons (Fsp3) is 0.0714. The van der Waals surface area contributed by atoms with Crippen LogP contribution in [0.15, 0.2) is 103 Å². The molecule has 1 unspecified atom stereocenters. The van der Waals surface area contributed by atoms with Crippen LogP contribution in [0.5, 0.6) is 11.5 Å². The van der Waals surface area contributed by atoms with Crippen molar-refractivity contribution in [3.8, 4) is 11.5 Å². The van der Waals surface area contributed by atoms with Gasteiger partial charge in [0.1, 0.15) is 11.5 Å². The van der Waals surface area contributed by atoms with E-state index in [1.54, 1.807) is 0 Å². The van der Waals surface area contributed by atoms with Gasteiger partial charge in [0.15, 0.2) is 0 Å². The smallest absolute Gasteiger partial charge is 0.295 e. The molecule has 2 nitrogen and oxygen atoms in total. The van der Waals surface area contributed by atoms with E-state index in [1.165, 1.54) is 0 Å². The van der Waals surface area contributed by atoms with Crippen molar-refractivity contribution in [2.24, 2.45) is 0 Å². The summed E-state index contributed by atoms with van der Waals surface area (Å²) in [5, 5.41) is 2.24. The van der Waals surface area contributed by atoms with Crippen LogP contribution in [-0.2, 0) is 0 Å². The zero-order valence-electron chi connectivity index (χ0n) is 16.6. The van der Waals surface area contributed by atoms with E-state index in [0.29, 0.717) is 0 Å². The maximum Gasteiger partial charge on any atom is 0.295 e. The molecule has 0 radical (unpaired) electrons. The number of para-hydroxylation sites is 1. The Kier molecular flexibility index (Phi) is 3.63. The minimum absolute atomic E-state index is 0.829. The first-order valence-corrected chi connectivity index (χ1v) is 10.2. The summed E-state index contributed by atoms with van der Waals surface area (Å²) in [6.45, 7) is 2.11. The number of hydrogen-bond acceptors (Lipinski definition) is 2. The second-order valence-electron chi connectivity index (χ2n) is 7.77. The van der Waals surface area contributed by atoms with E-state index >= 15 is 0 Å². The summed E-state index contributed by atoms with van der Waals surface area (Å²) < 4.78 is 13.3. The van der Waals surface area contributed by atoms with Crippen LogP contribution in [0.25, 0.3) is 22.4 Å². The molecule has 30 heavy (non-hydrogen) atoms. The van der Waals surface area contributed by atoms with Gasteiger partial charge in [0, 0.05) is 28.2 Å². The molecule has 4 aromatic carbocycles. The molecule has 0 saturated heterocycles. The van der Waals surface area contributed by atoms with Gasteiger partial charge in [-0.05, 0) is 41.7 Å². The largest absolute Gasteiger partial charge is 0.444 e. The average molecular weight is 388 g/mol. The molecule has 1 spiro atoms. The molecule has 4 aromatic rings. The molecule has 0 aromatic heterocycles. The van der Waals surface area contributed by atoms with Gasteiger partial charge in [0.2, 0.25) is 0 Å². The Bertz CT molecular complexity index is 1350. The Balaban J connectivity index is 1.66. The van der Waals surface area contributed by atoms with Crippen LogP contribution in [0.2, 0.25) is 0 Å². The van der Waals surface area contributed by atoms with Gasteiger partial charge >= 0.3 is 0 Å². The molecule has 2 aliphatic rings. The van der Waals surface area contributed by atoms with Crippen LogP contribution in [0, 0.1) is 0 Å². The third-order valence-corrected chi connectivity index (χ3v) is 6.03. The Morgan fingerprint density at radius 2 is 1.47 bits per heavy atom. The number of fused-ring (bicyclic) bond motifs is 4. The lowest BCUT2D eigenvalue weighted by atomic mass is 9.85. The maximum atomic E-state index is 6.73. The topological polar surface area (TPSA) is 18.5 Å². The van der Waals surface area contributed by atoms with E-state index in [2.05, 4.69) is 79.7 Å². The summed E-state index contributed by atoms with van der Waals surface area (Å²) in [5.41, 5.74) is 5.52. The summed E-state index contributed by atoms with van der Waals surface area (Å²) in [7, 11) is 0. The summed E-state index contributed by atoms with van der Waals surface area (Å²) in [6.07, 6.45) is 4.14. The van der Waals surface area contributed by atoms with Gasteiger partial charge in [-0.15, -0.1) is 0 Å². The predicted octanol–water partition coefficient (Wildman–Crippen LogP) is 6.86. The number of rotatable bonds is 1. The summed E-state index contributed by atoms with van der Waals surface area (Å²) in [5.74, 6) is 0.716. The monoisotopic (exact) mass is 388 g/mol. The van der Waals surface area contributed by atoms with Crippen LogP contribution in [0.3, 0.4) is 0 Å². The highest BCUT2D eigenvalue weighted by Crippen LogP contribution is 2.49. The highest BCUT2D eigenvalue weighted by Gasteiger charge is 2.43. The number of hydrogen-bond donors (Lipinski definition) is 0. The molecule has 0 N–H and O–H groups in total. The van der Waals surface area contributed by atoms with Crippen LogP contribution in [0.4, 0.5) is 0 Å². The fourth-order valence-corrected chi connectivity index (χ4v) is 4.50. The highest BCUT2D eigenvalue weighted by molar-refractivity contribution is 5.98. The molecular formula is C28H20O2. The summed E-state index contributed by atoms with van der Waals surface area (Å²) >= 11 is 0. The van der Waals surface area contributed by atoms with Gasteiger partial charge in [0.25, 0.3) is 5.79 Å². The molecule has 0 amide bonds. The van der Waals surface area contributed by atoms with Crippen molar-refractivity contribution in [1.82, 2.24) is 0 Å². The van der Waals surface area contributed by atoms with E-state index in [-0.39, 0.29) is 0 Å². The molecule has 1 atom stereocenters. The lowest BCUT2D eigenvalue weighted by molar-refractivity contribution is -0.0405. The summed E-state index contributed by atoms with van der Waals surface area (Å²) in [6, 6.07) is 31.2. The van der Waals surface area contributed by atoms with Gasteiger partial charge in [-0.25, -0.2) is 0 Å². The Hall–Kier alpha value is -3.78. The van der Waals surface area contributed by atoms with Crippen molar-refractivity contribution in [3.63, 3.8) is 0 Å². The Morgan fingerprint density at radius 1 is 0.700 bits per heavy atom. The molecule has 0 saturated carbocycles. The van der Waals surface area contributed by atoms with Crippen molar-refractivity contribution < 1.29 is 9.47 Å². The molecule has 6 rings (SSSR count). The predicted molar refractivity (Wildman–Crippen MR) is 122 cm³/mol. The van der Waals surface area contributed by atoms with Crippen LogP contribution in [0.1, 0.15) is 23.6 Å². The molecule has 2 heteroatoms. The third kappa shape index (κ3) is 2.44. The van der Waals surface area contributed by atoms with Crippen molar-refractivity contribution in [3.05, 3.63) is 119 Å². The Morgan fingerprint density at radius 3 is 2.37 bits per heavy atom. The van der Waals surface area contributed by atoms with Gasteiger partial charge in [-0.1, -0.05) is 78.9 Å². The van der Waals surface area contributed by atoms with E-state index < -0.39 is 5.79 Å². The third-order valence-electron chi connectivity index (χ3n) is 6.03. The normalized spacial score (nSPS) is 19.2. The van der Waals surface area contributed by atoms with Crippen molar-refractivity contribution in [2.75, 3.05) is 0 Å². The maximum absolute atomic E-state index is 6.73. The van der Waals surface area contributed by atoms with Gasteiger partial charge in [-0.3, -0.25) is 0 Å². The summed E-state index contributed by atoms with van der Waals surface area (Å²) in [4.78, 5) is 0. The van der Waals surface area contributed by atoms with Crippen molar-refractivity contribution >= 4 is 22.4 Å². The lowest BCUT2D eigenvalue weighted by Crippen LogP contribution is -2.45. The number of ether oxygens (including phenoxy) is 2. The minimum Gasteiger partial charge on any atom is -0.444 e. The second kappa shape index (κ2) is 6.36. The molecular weight excluding hydrogens is 368 g/mol. The Labute approximate surface area is 175 Å². The van der Waals surface area contributed by atoms with Gasteiger partial charge in [0.05, 0.1) is 0 Å². The lowest BCUT2D eigenvalue weighted by Gasteiger charge is -2.41. The molecule has 0 aliphatic carbocycles. The van der Waals surface area contributed by atoms with Crippen LogP contribution >= 0.6 is 0 Å². The van der Waals surface area contributed by atoms with E-state index in [4.69, 9.17) is 9.47 Å². The van der Waals surface area contributed by atoms with Crippen molar-refractivity contribution in [2.45, 2.75) is 12.7 Å². The fourth-order valence-electron chi connectivity index (χ4n) is 4.50. The van der Waals surface area contributed by atoms with Gasteiger partial charge < -0.3 is 9.47 Å². The molecule has 144 valence electrons. The zero-order valence-corrected chi connectivity index (χ0v) is 16.6. The second-order valence-corrected chi connectivity index (χ2v) is 7.77. The average Bonchev–Trinajstić information content (AvgIpc) is 2.80. The highest BCUT2D eigenvalue weighted by atomic mass is 16.7. The van der Waals surface area contributed by atoms with Gasteiger partial charge in [-0.2, -0.15) is 0 Å². The molecule has 0 fully saturated rings. The van der Waals surface area contributed by atoms with E-state index in [0.717, 1.165) is 50.1 Å². The van der Waals surface area contributed by atoms with E-state index in [1.807, 2.05) is 30.3 Å². The SMILES string of the molecule is CC1=C(c2ccccc2)c2ccc3ccccc3c2OC12C=Cc1ccccc1O2. The van der Waals surface area contributed by atoms with Crippen LogP contribution in [-0.4, -0.2) is 5.79 Å². The molecule has 2 heterocycles. The first-order valence-electron chi connectivity index (χ1n) is 10.2. The molecule has 0 bridgehead atoms. The first-order chi connectivity index (χ1) is 14.8. The van der Waals surface area contributed by atoms with E-state index in [9.17, 15) is 0 Å².